The highest BCUT2D eigenvalue weighted by atomic mass is 32.1. The number of hydrogen-bond donors (Lipinski definition) is 1. The van der Waals surface area contributed by atoms with E-state index in [2.05, 4.69) is 47.8 Å². The summed E-state index contributed by atoms with van der Waals surface area (Å²) in [5, 5.41) is 4.54. The number of ether oxygens (including phenoxy) is 1. The van der Waals surface area contributed by atoms with Crippen LogP contribution < -0.4 is 10.5 Å². The number of thiophene rings is 1. The van der Waals surface area contributed by atoms with Gasteiger partial charge >= 0.3 is 0 Å². The van der Waals surface area contributed by atoms with E-state index >= 15 is 0 Å². The lowest BCUT2D eigenvalue weighted by Crippen LogP contribution is -2.06. The molecule has 0 aliphatic carbocycles. The second-order valence-corrected chi connectivity index (χ2v) is 5.70. The zero-order valence-corrected chi connectivity index (χ0v) is 12.0. The molecule has 3 rings (SSSR count). The summed E-state index contributed by atoms with van der Waals surface area (Å²) in [6.07, 6.45) is 0.834. The summed E-state index contributed by atoms with van der Waals surface area (Å²) in [6, 6.07) is 16.7. The molecule has 0 saturated heterocycles. The Morgan fingerprint density at radius 1 is 1.00 bits per heavy atom. The number of hydrogen-bond acceptors (Lipinski definition) is 3. The molecular formula is C17H17NOS. The fourth-order valence-electron chi connectivity index (χ4n) is 2.40. The summed E-state index contributed by atoms with van der Waals surface area (Å²) in [5.41, 5.74) is 6.97. The van der Waals surface area contributed by atoms with Crippen LogP contribution in [-0.2, 0) is 13.0 Å². The molecule has 2 N–H and O–H groups in total. The molecule has 0 saturated carbocycles. The van der Waals surface area contributed by atoms with Crippen LogP contribution >= 0.6 is 11.3 Å². The number of benzene rings is 2. The van der Waals surface area contributed by atoms with E-state index in [1.165, 1.54) is 21.2 Å². The van der Waals surface area contributed by atoms with Crippen molar-refractivity contribution in [3.63, 3.8) is 0 Å². The van der Waals surface area contributed by atoms with Crippen LogP contribution in [0, 0.1) is 0 Å². The van der Waals surface area contributed by atoms with Crippen molar-refractivity contribution in [2.75, 3.05) is 6.54 Å². The Balaban J connectivity index is 1.94. The Hall–Kier alpha value is -1.84. The molecule has 0 unspecified atom stereocenters. The fraction of sp³-hybridized carbons (Fsp3) is 0.176. The van der Waals surface area contributed by atoms with Gasteiger partial charge in [-0.05, 0) is 41.3 Å². The van der Waals surface area contributed by atoms with Crippen molar-refractivity contribution < 1.29 is 4.74 Å². The summed E-state index contributed by atoms with van der Waals surface area (Å²) in [7, 11) is 0. The van der Waals surface area contributed by atoms with Gasteiger partial charge in [0.05, 0.1) is 0 Å². The predicted octanol–water partition coefficient (Wildman–Crippen LogP) is 3.98. The lowest BCUT2D eigenvalue weighted by molar-refractivity contribution is 0.307. The normalized spacial score (nSPS) is 10.8. The molecule has 0 atom stereocenters. The van der Waals surface area contributed by atoms with E-state index < -0.39 is 0 Å². The molecule has 1 aromatic heterocycles. The van der Waals surface area contributed by atoms with Gasteiger partial charge in [-0.1, -0.05) is 36.4 Å². The van der Waals surface area contributed by atoms with Gasteiger partial charge in [-0.15, -0.1) is 11.3 Å². The standard InChI is InChI=1S/C17H17NOS/c18-10-9-16-15-6-2-1-4-13(15)7-8-17(16)19-12-14-5-3-11-20-14/h1-8,11H,9-10,12,18H2. The second-order valence-electron chi connectivity index (χ2n) is 4.67. The van der Waals surface area contributed by atoms with Crippen LogP contribution in [0.15, 0.2) is 53.9 Å². The summed E-state index contributed by atoms with van der Waals surface area (Å²) in [6.45, 7) is 1.25. The number of fused-ring (bicyclic) bond motifs is 1. The lowest BCUT2D eigenvalue weighted by Gasteiger charge is -2.13. The molecule has 2 nitrogen and oxygen atoms in total. The monoisotopic (exact) mass is 283 g/mol. The van der Waals surface area contributed by atoms with Gasteiger partial charge in [0, 0.05) is 10.4 Å². The van der Waals surface area contributed by atoms with Crippen molar-refractivity contribution in [1.29, 1.82) is 0 Å². The Bertz CT molecular complexity index is 691. The molecule has 102 valence electrons. The van der Waals surface area contributed by atoms with E-state index in [1.807, 2.05) is 6.07 Å². The molecule has 20 heavy (non-hydrogen) atoms. The first-order valence-corrected chi connectivity index (χ1v) is 7.62. The van der Waals surface area contributed by atoms with Gasteiger partial charge in [0.25, 0.3) is 0 Å². The van der Waals surface area contributed by atoms with E-state index in [9.17, 15) is 0 Å². The third-order valence-electron chi connectivity index (χ3n) is 3.34. The van der Waals surface area contributed by atoms with Gasteiger partial charge in [-0.25, -0.2) is 0 Å². The molecular weight excluding hydrogens is 266 g/mol. The maximum Gasteiger partial charge on any atom is 0.123 e. The van der Waals surface area contributed by atoms with Gasteiger partial charge in [-0.2, -0.15) is 0 Å². The van der Waals surface area contributed by atoms with Crippen molar-refractivity contribution in [2.45, 2.75) is 13.0 Å². The minimum absolute atomic E-state index is 0.619. The van der Waals surface area contributed by atoms with E-state index in [-0.39, 0.29) is 0 Å². The molecule has 3 aromatic rings. The highest BCUT2D eigenvalue weighted by molar-refractivity contribution is 7.09. The molecule has 0 fully saturated rings. The first kappa shape index (κ1) is 13.2. The quantitative estimate of drug-likeness (QED) is 0.768. The average Bonchev–Trinajstić information content (AvgIpc) is 3.00. The van der Waals surface area contributed by atoms with Crippen molar-refractivity contribution in [1.82, 2.24) is 0 Å². The van der Waals surface area contributed by atoms with Crippen molar-refractivity contribution in [3.8, 4) is 5.75 Å². The van der Waals surface area contributed by atoms with Gasteiger partial charge in [0.15, 0.2) is 0 Å². The minimum Gasteiger partial charge on any atom is -0.488 e. The molecule has 0 aliphatic rings. The van der Waals surface area contributed by atoms with Gasteiger partial charge in [0.2, 0.25) is 0 Å². The fourth-order valence-corrected chi connectivity index (χ4v) is 3.01. The Morgan fingerprint density at radius 3 is 2.70 bits per heavy atom. The second kappa shape index (κ2) is 6.07. The maximum atomic E-state index is 6.00. The Morgan fingerprint density at radius 2 is 1.90 bits per heavy atom. The van der Waals surface area contributed by atoms with E-state index in [4.69, 9.17) is 10.5 Å². The summed E-state index contributed by atoms with van der Waals surface area (Å²) >= 11 is 1.72. The molecule has 0 radical (unpaired) electrons. The van der Waals surface area contributed by atoms with Crippen LogP contribution in [0.1, 0.15) is 10.4 Å². The molecule has 0 aliphatic heterocycles. The zero-order chi connectivity index (χ0) is 13.8. The van der Waals surface area contributed by atoms with Crippen LogP contribution in [0.2, 0.25) is 0 Å². The van der Waals surface area contributed by atoms with E-state index in [1.54, 1.807) is 11.3 Å². The van der Waals surface area contributed by atoms with Crippen molar-refractivity contribution in [3.05, 3.63) is 64.4 Å². The van der Waals surface area contributed by atoms with Crippen LogP contribution in [0.25, 0.3) is 10.8 Å². The highest BCUT2D eigenvalue weighted by Gasteiger charge is 2.08. The highest BCUT2D eigenvalue weighted by Crippen LogP contribution is 2.29. The average molecular weight is 283 g/mol. The zero-order valence-electron chi connectivity index (χ0n) is 11.2. The van der Waals surface area contributed by atoms with Gasteiger partial charge in [-0.3, -0.25) is 0 Å². The minimum atomic E-state index is 0.619. The Kier molecular flexibility index (Phi) is 4.00. The predicted molar refractivity (Wildman–Crippen MR) is 85.4 cm³/mol. The largest absolute Gasteiger partial charge is 0.488 e. The molecule has 1 heterocycles. The molecule has 0 bridgehead atoms. The first-order valence-electron chi connectivity index (χ1n) is 6.74. The molecule has 0 amide bonds. The summed E-state index contributed by atoms with van der Waals surface area (Å²) in [5.74, 6) is 0.947. The van der Waals surface area contributed by atoms with Crippen molar-refractivity contribution >= 4 is 22.1 Å². The third kappa shape index (κ3) is 2.69. The molecule has 0 spiro atoms. The maximum absolute atomic E-state index is 6.00. The van der Waals surface area contributed by atoms with Crippen LogP contribution in [0.3, 0.4) is 0 Å². The van der Waals surface area contributed by atoms with E-state index in [0.29, 0.717) is 13.2 Å². The van der Waals surface area contributed by atoms with Gasteiger partial charge in [0.1, 0.15) is 12.4 Å². The van der Waals surface area contributed by atoms with Crippen LogP contribution in [-0.4, -0.2) is 6.54 Å². The Labute approximate surface area is 122 Å². The smallest absolute Gasteiger partial charge is 0.123 e. The van der Waals surface area contributed by atoms with Crippen molar-refractivity contribution in [2.24, 2.45) is 5.73 Å². The molecule has 3 heteroatoms. The lowest BCUT2D eigenvalue weighted by atomic mass is 10.0. The third-order valence-corrected chi connectivity index (χ3v) is 4.19. The topological polar surface area (TPSA) is 35.2 Å². The van der Waals surface area contributed by atoms with Crippen LogP contribution in [0.5, 0.6) is 5.75 Å². The summed E-state index contributed by atoms with van der Waals surface area (Å²) < 4.78 is 6.00. The first-order chi connectivity index (χ1) is 9.88. The number of rotatable bonds is 5. The molecule has 2 aromatic carbocycles. The number of nitrogens with two attached hydrogens (primary N) is 1. The van der Waals surface area contributed by atoms with E-state index in [0.717, 1.165) is 12.2 Å². The van der Waals surface area contributed by atoms with Gasteiger partial charge < -0.3 is 10.5 Å². The van der Waals surface area contributed by atoms with Crippen LogP contribution in [0.4, 0.5) is 0 Å². The summed E-state index contributed by atoms with van der Waals surface area (Å²) in [4.78, 5) is 1.23. The SMILES string of the molecule is NCCc1c(OCc2cccs2)ccc2ccccc12.